The van der Waals surface area contributed by atoms with E-state index in [-0.39, 0.29) is 11.3 Å². The zero-order chi connectivity index (χ0) is 13.8. The van der Waals surface area contributed by atoms with Crippen molar-refractivity contribution >= 4 is 28.4 Å². The highest BCUT2D eigenvalue weighted by Gasteiger charge is 2.12. The molecule has 1 aromatic heterocycles. The van der Waals surface area contributed by atoms with E-state index < -0.39 is 10.7 Å². The Hall–Kier alpha value is -2.35. The number of rotatable bonds is 4. The van der Waals surface area contributed by atoms with Crippen LogP contribution in [0.4, 0.5) is 15.2 Å². The molecule has 0 unspecified atom stereocenters. The van der Waals surface area contributed by atoms with Crippen molar-refractivity contribution in [3.63, 3.8) is 0 Å². The second kappa shape index (κ2) is 5.53. The van der Waals surface area contributed by atoms with Gasteiger partial charge in [0, 0.05) is 11.4 Å². The van der Waals surface area contributed by atoms with Crippen LogP contribution < -0.4 is 5.43 Å². The van der Waals surface area contributed by atoms with E-state index in [0.29, 0.717) is 5.13 Å². The Morgan fingerprint density at radius 3 is 3.00 bits per heavy atom. The molecule has 98 valence electrons. The van der Waals surface area contributed by atoms with Crippen LogP contribution in [-0.4, -0.2) is 16.1 Å². The molecule has 0 bridgehead atoms. The van der Waals surface area contributed by atoms with Crippen LogP contribution in [0.5, 0.6) is 0 Å². The van der Waals surface area contributed by atoms with Gasteiger partial charge < -0.3 is 0 Å². The molecule has 0 aliphatic rings. The van der Waals surface area contributed by atoms with E-state index in [9.17, 15) is 14.5 Å². The summed E-state index contributed by atoms with van der Waals surface area (Å²) >= 11 is 1.35. The molecule has 2 aromatic rings. The van der Waals surface area contributed by atoms with Gasteiger partial charge in [0.05, 0.1) is 22.4 Å². The summed E-state index contributed by atoms with van der Waals surface area (Å²) < 4.78 is 13.0. The maximum Gasteiger partial charge on any atom is 0.278 e. The first-order chi connectivity index (χ1) is 9.06. The van der Waals surface area contributed by atoms with Crippen LogP contribution in [-0.2, 0) is 0 Å². The van der Waals surface area contributed by atoms with Crippen molar-refractivity contribution in [3.8, 4) is 0 Å². The Morgan fingerprint density at radius 1 is 1.58 bits per heavy atom. The number of anilines is 1. The van der Waals surface area contributed by atoms with E-state index in [1.54, 1.807) is 0 Å². The predicted octanol–water partition coefficient (Wildman–Crippen LogP) is 2.94. The molecular formula is C11H9FN4O2S. The molecule has 8 heteroatoms. The van der Waals surface area contributed by atoms with Crippen LogP contribution >= 0.6 is 11.3 Å². The van der Waals surface area contributed by atoms with E-state index in [1.165, 1.54) is 17.6 Å². The van der Waals surface area contributed by atoms with Gasteiger partial charge in [-0.1, -0.05) is 0 Å². The SMILES string of the molecule is Cc1csc(NN=Cc2cc(F)ccc2[N+](=O)[O-])n1. The number of nitro benzene ring substituents is 1. The van der Waals surface area contributed by atoms with Crippen LogP contribution in [0.2, 0.25) is 0 Å². The van der Waals surface area contributed by atoms with Crippen molar-refractivity contribution in [1.82, 2.24) is 4.98 Å². The molecule has 19 heavy (non-hydrogen) atoms. The Kier molecular flexibility index (Phi) is 3.81. The molecule has 1 heterocycles. The minimum Gasteiger partial charge on any atom is -0.258 e. The molecule has 0 amide bonds. The van der Waals surface area contributed by atoms with Gasteiger partial charge in [-0.2, -0.15) is 5.10 Å². The highest BCUT2D eigenvalue weighted by molar-refractivity contribution is 7.13. The first-order valence-corrected chi connectivity index (χ1v) is 6.09. The summed E-state index contributed by atoms with van der Waals surface area (Å²) in [6, 6.07) is 3.19. The molecule has 0 saturated carbocycles. The summed E-state index contributed by atoms with van der Waals surface area (Å²) in [4.78, 5) is 14.3. The third kappa shape index (κ3) is 3.32. The van der Waals surface area contributed by atoms with Crippen molar-refractivity contribution in [2.75, 3.05) is 5.43 Å². The fourth-order valence-corrected chi connectivity index (χ4v) is 1.99. The first kappa shape index (κ1) is 13.1. The molecular weight excluding hydrogens is 271 g/mol. The maximum atomic E-state index is 13.0. The Bertz CT molecular complexity index is 641. The van der Waals surface area contributed by atoms with Crippen LogP contribution in [0.3, 0.4) is 0 Å². The largest absolute Gasteiger partial charge is 0.278 e. The first-order valence-electron chi connectivity index (χ1n) is 5.21. The molecule has 1 aromatic carbocycles. The van der Waals surface area contributed by atoms with Crippen LogP contribution in [0.15, 0.2) is 28.7 Å². The van der Waals surface area contributed by atoms with Gasteiger partial charge in [-0.15, -0.1) is 11.3 Å². The van der Waals surface area contributed by atoms with Crippen molar-refractivity contribution in [1.29, 1.82) is 0 Å². The number of hydrogen-bond acceptors (Lipinski definition) is 6. The topological polar surface area (TPSA) is 80.4 Å². The fraction of sp³-hybridized carbons (Fsp3) is 0.0909. The predicted molar refractivity (Wildman–Crippen MR) is 71.1 cm³/mol. The monoisotopic (exact) mass is 280 g/mol. The van der Waals surface area contributed by atoms with Crippen molar-refractivity contribution in [3.05, 3.63) is 50.8 Å². The molecule has 0 aliphatic heterocycles. The van der Waals surface area contributed by atoms with Gasteiger partial charge in [-0.25, -0.2) is 9.37 Å². The average molecular weight is 280 g/mol. The average Bonchev–Trinajstić information content (AvgIpc) is 2.75. The zero-order valence-corrected chi connectivity index (χ0v) is 10.6. The normalized spacial score (nSPS) is 10.8. The van der Waals surface area contributed by atoms with E-state index in [4.69, 9.17) is 0 Å². The molecule has 0 atom stereocenters. The molecule has 0 saturated heterocycles. The number of nitro groups is 1. The van der Waals surface area contributed by atoms with Crippen molar-refractivity contribution in [2.24, 2.45) is 5.10 Å². The molecule has 0 aliphatic carbocycles. The van der Waals surface area contributed by atoms with Gasteiger partial charge in [0.15, 0.2) is 0 Å². The maximum absolute atomic E-state index is 13.0. The molecule has 2 rings (SSSR count). The summed E-state index contributed by atoms with van der Waals surface area (Å²) in [5.74, 6) is -0.558. The lowest BCUT2D eigenvalue weighted by molar-refractivity contribution is -0.385. The number of aryl methyl sites for hydroxylation is 1. The Balaban J connectivity index is 2.18. The van der Waals surface area contributed by atoms with Gasteiger partial charge in [0.1, 0.15) is 5.82 Å². The number of thiazole rings is 1. The third-order valence-corrected chi connectivity index (χ3v) is 3.03. The number of halogens is 1. The lowest BCUT2D eigenvalue weighted by atomic mass is 10.2. The van der Waals surface area contributed by atoms with Crippen molar-refractivity contribution < 1.29 is 9.31 Å². The number of hydrogen-bond donors (Lipinski definition) is 1. The van der Waals surface area contributed by atoms with E-state index in [0.717, 1.165) is 23.9 Å². The smallest absolute Gasteiger partial charge is 0.258 e. The number of nitrogens with zero attached hydrogens (tertiary/aromatic N) is 3. The minimum absolute atomic E-state index is 0.0887. The lowest BCUT2D eigenvalue weighted by Gasteiger charge is -1.97. The van der Waals surface area contributed by atoms with E-state index in [2.05, 4.69) is 15.5 Å². The standard InChI is InChI=1S/C11H9FN4O2S/c1-7-6-19-11(14-7)15-13-5-8-4-9(12)2-3-10(8)16(17)18/h2-6H,1H3,(H,14,15). The number of nitrogens with one attached hydrogen (secondary N) is 1. The molecule has 1 N–H and O–H groups in total. The molecule has 6 nitrogen and oxygen atoms in total. The molecule has 0 fully saturated rings. The van der Waals surface area contributed by atoms with Crippen LogP contribution in [0.25, 0.3) is 0 Å². The second-order valence-corrected chi connectivity index (χ2v) is 4.48. The number of benzene rings is 1. The highest BCUT2D eigenvalue weighted by atomic mass is 32.1. The van der Waals surface area contributed by atoms with E-state index in [1.807, 2.05) is 12.3 Å². The zero-order valence-electron chi connectivity index (χ0n) is 9.83. The minimum atomic E-state index is -0.589. The highest BCUT2D eigenvalue weighted by Crippen LogP contribution is 2.18. The van der Waals surface area contributed by atoms with Gasteiger partial charge in [-0.05, 0) is 19.1 Å². The fourth-order valence-electron chi connectivity index (χ4n) is 1.36. The number of aromatic nitrogens is 1. The summed E-state index contributed by atoms with van der Waals surface area (Å²) in [5, 5.41) is 17.0. The van der Waals surface area contributed by atoms with Crippen LogP contribution in [0, 0.1) is 22.9 Å². The quantitative estimate of drug-likeness (QED) is 0.530. The summed E-state index contributed by atoms with van der Waals surface area (Å²) in [6.07, 6.45) is 1.19. The Morgan fingerprint density at radius 2 is 2.37 bits per heavy atom. The summed E-state index contributed by atoms with van der Waals surface area (Å²) in [7, 11) is 0. The summed E-state index contributed by atoms with van der Waals surface area (Å²) in [6.45, 7) is 1.84. The molecule has 0 radical (unpaired) electrons. The van der Waals surface area contributed by atoms with Gasteiger partial charge in [0.2, 0.25) is 5.13 Å². The van der Waals surface area contributed by atoms with Gasteiger partial charge in [0.25, 0.3) is 5.69 Å². The lowest BCUT2D eigenvalue weighted by Crippen LogP contribution is -1.97. The van der Waals surface area contributed by atoms with Crippen molar-refractivity contribution in [2.45, 2.75) is 6.92 Å². The molecule has 0 spiro atoms. The number of hydrazone groups is 1. The second-order valence-electron chi connectivity index (χ2n) is 3.62. The van der Waals surface area contributed by atoms with Gasteiger partial charge in [-0.3, -0.25) is 15.5 Å². The summed E-state index contributed by atoms with van der Waals surface area (Å²) in [5.41, 5.74) is 3.36. The van der Waals surface area contributed by atoms with Crippen LogP contribution in [0.1, 0.15) is 11.3 Å². The Labute approximate surface area is 111 Å². The van der Waals surface area contributed by atoms with E-state index >= 15 is 0 Å². The van der Waals surface area contributed by atoms with Gasteiger partial charge >= 0.3 is 0 Å². The third-order valence-electron chi connectivity index (χ3n) is 2.17.